The van der Waals surface area contributed by atoms with Crippen LogP contribution in [-0.2, 0) is 5.75 Å². The van der Waals surface area contributed by atoms with Crippen LogP contribution in [0.1, 0.15) is 26.6 Å². The maximum Gasteiger partial charge on any atom is 0.273 e. The van der Waals surface area contributed by atoms with Crippen LogP contribution in [0.5, 0.6) is 0 Å². The number of amides is 1. The third kappa shape index (κ3) is 6.51. The van der Waals surface area contributed by atoms with Crippen LogP contribution in [0, 0.1) is 6.92 Å². The first-order valence-electron chi connectivity index (χ1n) is 13.5. The smallest absolute Gasteiger partial charge is 0.273 e. The Morgan fingerprint density at radius 2 is 1.80 bits per heavy atom. The molecule has 10 heteroatoms. The fraction of sp³-hybridized carbons (Fsp3) is 0.226. The van der Waals surface area contributed by atoms with Gasteiger partial charge in [0.1, 0.15) is 10.7 Å². The van der Waals surface area contributed by atoms with Gasteiger partial charge in [-0.05, 0) is 36.8 Å². The van der Waals surface area contributed by atoms with Gasteiger partial charge in [-0.15, -0.1) is 21.5 Å². The number of carbonyl (C=O) groups is 1. The molecule has 1 aliphatic rings. The largest absolute Gasteiger partial charge is 0.461 e. The lowest BCUT2D eigenvalue weighted by Gasteiger charge is -2.33. The minimum absolute atomic E-state index is 0.0000876. The molecule has 2 aromatic carbocycles. The second kappa shape index (κ2) is 12.7. The fourth-order valence-electron chi connectivity index (χ4n) is 4.65. The highest BCUT2D eigenvalue weighted by Gasteiger charge is 2.24. The zero-order valence-corrected chi connectivity index (χ0v) is 24.4. The predicted octanol–water partition coefficient (Wildman–Crippen LogP) is 6.06. The van der Waals surface area contributed by atoms with Gasteiger partial charge in [0.25, 0.3) is 5.91 Å². The maximum absolute atomic E-state index is 13.2. The van der Waals surface area contributed by atoms with Crippen molar-refractivity contribution < 1.29 is 9.21 Å². The van der Waals surface area contributed by atoms with Crippen molar-refractivity contribution in [3.8, 4) is 17.3 Å². The minimum atomic E-state index is -0.0000876. The summed E-state index contributed by atoms with van der Waals surface area (Å²) in [5.41, 5.74) is 3.85. The molecule has 3 aromatic heterocycles. The summed E-state index contributed by atoms with van der Waals surface area (Å²) < 4.78 is 7.62. The molecule has 1 aliphatic heterocycles. The molecule has 1 fully saturated rings. The van der Waals surface area contributed by atoms with Gasteiger partial charge in [-0.1, -0.05) is 71.9 Å². The average molecular weight is 583 g/mol. The Morgan fingerprint density at radius 1 is 1.00 bits per heavy atom. The van der Waals surface area contributed by atoms with Gasteiger partial charge in [-0.3, -0.25) is 14.3 Å². The lowest BCUT2D eigenvalue weighted by atomic mass is 10.2. The molecule has 0 aliphatic carbocycles. The molecule has 4 heterocycles. The van der Waals surface area contributed by atoms with Gasteiger partial charge in [0.05, 0.1) is 12.0 Å². The van der Waals surface area contributed by atoms with Crippen molar-refractivity contribution in [2.75, 3.05) is 32.7 Å². The molecular weight excluding hydrogens is 553 g/mol. The number of nitrogens with zero attached hydrogens (tertiary/aromatic N) is 6. The van der Waals surface area contributed by atoms with E-state index in [0.29, 0.717) is 36.1 Å². The molecule has 5 aromatic rings. The Labute approximate surface area is 247 Å². The second-order valence-electron chi connectivity index (χ2n) is 9.78. The molecule has 0 atom stereocenters. The van der Waals surface area contributed by atoms with Gasteiger partial charge >= 0.3 is 0 Å². The van der Waals surface area contributed by atoms with E-state index < -0.39 is 0 Å². The fourth-order valence-corrected chi connectivity index (χ4v) is 6.39. The highest BCUT2D eigenvalue weighted by atomic mass is 32.2. The van der Waals surface area contributed by atoms with Crippen molar-refractivity contribution in [3.63, 3.8) is 0 Å². The predicted molar refractivity (Wildman–Crippen MR) is 163 cm³/mol. The Kier molecular flexibility index (Phi) is 8.41. The van der Waals surface area contributed by atoms with Crippen LogP contribution in [-0.4, -0.2) is 68.2 Å². The number of rotatable bonds is 9. The highest BCUT2D eigenvalue weighted by Crippen LogP contribution is 2.31. The number of hydrogen-bond donors (Lipinski definition) is 0. The van der Waals surface area contributed by atoms with Crippen molar-refractivity contribution >= 4 is 35.1 Å². The van der Waals surface area contributed by atoms with Gasteiger partial charge in [0.15, 0.2) is 10.9 Å². The number of thioether (sulfide) groups is 1. The summed E-state index contributed by atoms with van der Waals surface area (Å²) in [6.45, 7) is 6.05. The molecule has 0 spiro atoms. The molecule has 0 N–H and O–H groups in total. The molecule has 8 nitrogen and oxygen atoms in total. The molecule has 0 radical (unpaired) electrons. The number of carbonyl (C=O) groups excluding carboxylic acids is 1. The third-order valence-corrected chi connectivity index (χ3v) is 8.87. The van der Waals surface area contributed by atoms with Crippen LogP contribution in [0.2, 0.25) is 0 Å². The van der Waals surface area contributed by atoms with Crippen LogP contribution >= 0.6 is 23.1 Å². The topological polar surface area (TPSA) is 80.3 Å². The summed E-state index contributed by atoms with van der Waals surface area (Å²) in [4.78, 5) is 22.1. The zero-order valence-electron chi connectivity index (χ0n) is 22.7. The van der Waals surface area contributed by atoms with Crippen molar-refractivity contribution in [3.05, 3.63) is 106 Å². The average Bonchev–Trinajstić information content (AvgIpc) is 3.79. The van der Waals surface area contributed by atoms with Crippen molar-refractivity contribution in [2.24, 2.45) is 0 Å². The lowest BCUT2D eigenvalue weighted by Crippen LogP contribution is -2.48. The quantitative estimate of drug-likeness (QED) is 0.196. The molecule has 6 rings (SSSR count). The number of furan rings is 1. The summed E-state index contributed by atoms with van der Waals surface area (Å²) >= 11 is 3.05. The van der Waals surface area contributed by atoms with Gasteiger partial charge in [0.2, 0.25) is 5.82 Å². The lowest BCUT2D eigenvalue weighted by molar-refractivity contribution is 0.0645. The van der Waals surface area contributed by atoms with E-state index in [-0.39, 0.29) is 5.91 Å². The number of aryl methyl sites for hydroxylation is 1. The zero-order chi connectivity index (χ0) is 28.0. The van der Waals surface area contributed by atoms with E-state index in [0.717, 1.165) is 35.5 Å². The number of piperazine rings is 1. The van der Waals surface area contributed by atoms with Crippen molar-refractivity contribution in [1.29, 1.82) is 0 Å². The normalized spacial score (nSPS) is 14.2. The van der Waals surface area contributed by atoms with Crippen LogP contribution in [0.15, 0.2) is 94.0 Å². The molecule has 0 bridgehead atoms. The first-order chi connectivity index (χ1) is 20.1. The van der Waals surface area contributed by atoms with E-state index in [1.807, 2.05) is 45.2 Å². The molecule has 1 saturated heterocycles. The van der Waals surface area contributed by atoms with Crippen LogP contribution < -0.4 is 0 Å². The standard InChI is InChI=1S/C31H30N6O2S2/c1-23-11-13-25(14-12-23)37-29(27-10-6-20-39-27)33-34-31(37)41-22-28-32-26(21-40-28)30(38)36-18-16-35(17-19-36)15-5-9-24-7-3-2-4-8-24/h2-14,20-21H,15-19,22H2,1H3/b9-5+. The monoisotopic (exact) mass is 582 g/mol. The Hall–Kier alpha value is -3.99. The van der Waals surface area contributed by atoms with Crippen molar-refractivity contribution in [1.82, 2.24) is 29.5 Å². The SMILES string of the molecule is Cc1ccc(-n2c(SCc3nc(C(=O)N4CCN(C/C=C/c5ccccc5)CC4)cs3)nnc2-c2ccco2)cc1. The molecule has 0 unspecified atom stereocenters. The summed E-state index contributed by atoms with van der Waals surface area (Å²) in [6.07, 6.45) is 5.97. The first-order valence-corrected chi connectivity index (χ1v) is 15.4. The minimum Gasteiger partial charge on any atom is -0.461 e. The van der Waals surface area contributed by atoms with Crippen LogP contribution in [0.25, 0.3) is 23.3 Å². The second-order valence-corrected chi connectivity index (χ2v) is 11.7. The van der Waals surface area contributed by atoms with E-state index >= 15 is 0 Å². The van der Waals surface area contributed by atoms with Gasteiger partial charge in [-0.2, -0.15) is 0 Å². The van der Waals surface area contributed by atoms with Crippen LogP contribution in [0.3, 0.4) is 0 Å². The Bertz CT molecular complexity index is 1600. The van der Waals surface area contributed by atoms with Gasteiger partial charge in [-0.25, -0.2) is 4.98 Å². The van der Waals surface area contributed by atoms with Gasteiger partial charge < -0.3 is 9.32 Å². The first kappa shape index (κ1) is 27.2. The molecule has 0 saturated carbocycles. The highest BCUT2D eigenvalue weighted by molar-refractivity contribution is 7.98. The maximum atomic E-state index is 13.2. The summed E-state index contributed by atoms with van der Waals surface area (Å²) in [7, 11) is 0. The molecular formula is C31H30N6O2S2. The third-order valence-electron chi connectivity index (χ3n) is 6.90. The number of hydrogen-bond acceptors (Lipinski definition) is 8. The van der Waals surface area contributed by atoms with Crippen molar-refractivity contribution in [2.45, 2.75) is 17.8 Å². The summed E-state index contributed by atoms with van der Waals surface area (Å²) in [5, 5.41) is 12.4. The number of thiazole rings is 1. The molecule has 1 amide bonds. The Balaban J connectivity index is 1.06. The summed E-state index contributed by atoms with van der Waals surface area (Å²) in [6, 6.07) is 22.3. The van der Waals surface area contributed by atoms with E-state index in [1.54, 1.807) is 18.0 Å². The molecule has 208 valence electrons. The van der Waals surface area contributed by atoms with E-state index in [4.69, 9.17) is 4.42 Å². The molecule has 41 heavy (non-hydrogen) atoms. The van der Waals surface area contributed by atoms with E-state index in [1.165, 1.54) is 22.5 Å². The van der Waals surface area contributed by atoms with Gasteiger partial charge in [0, 0.05) is 43.8 Å². The van der Waals surface area contributed by atoms with E-state index in [9.17, 15) is 4.79 Å². The number of aromatic nitrogens is 4. The Morgan fingerprint density at radius 3 is 2.56 bits per heavy atom. The van der Waals surface area contributed by atoms with Crippen LogP contribution in [0.4, 0.5) is 0 Å². The number of benzene rings is 2. The summed E-state index contributed by atoms with van der Waals surface area (Å²) in [5.74, 6) is 1.88. The van der Waals surface area contributed by atoms with E-state index in [2.05, 4.69) is 75.6 Å².